The Morgan fingerprint density at radius 3 is 2.59 bits per heavy atom. The van der Waals surface area contributed by atoms with Crippen LogP contribution in [0.15, 0.2) is 48.9 Å². The number of nitrogens with zero attached hydrogens (tertiary/aromatic N) is 7. The number of para-hydroxylation sites is 1. The van der Waals surface area contributed by atoms with Gasteiger partial charge in [-0.1, -0.05) is 13.5 Å². The Morgan fingerprint density at radius 2 is 1.95 bits per heavy atom. The minimum absolute atomic E-state index is 0. The summed E-state index contributed by atoms with van der Waals surface area (Å²) in [5, 5.41) is 20.6. The lowest BCUT2D eigenvalue weighted by Gasteiger charge is -2.32. The molecule has 1 aliphatic heterocycles. The molecule has 0 saturated carbocycles. The third-order valence-electron chi connectivity index (χ3n) is 5.68. The van der Waals surface area contributed by atoms with E-state index in [2.05, 4.69) is 40.8 Å². The van der Waals surface area contributed by atoms with E-state index in [4.69, 9.17) is 8.85 Å². The Balaban J connectivity index is 0.00000370. The van der Waals surface area contributed by atoms with Gasteiger partial charge in [0.15, 0.2) is 23.1 Å². The number of aromatic nitrogens is 6. The molecule has 4 aromatic rings. The molecule has 1 amide bonds. The topological polar surface area (TPSA) is 135 Å². The SMILES string of the molecule is C.[2H]C([2H])([2H])NC(=O)c1nnc(Nc2ccc(N3CCC3)cn2)cc1Nc1cccc(-c2ncn(C)n2)c1OC. The van der Waals surface area contributed by atoms with E-state index in [1.807, 2.05) is 17.4 Å². The highest BCUT2D eigenvalue weighted by Gasteiger charge is 2.19. The predicted octanol–water partition coefficient (Wildman–Crippen LogP) is 3.37. The monoisotopic (exact) mass is 505 g/mol. The summed E-state index contributed by atoms with van der Waals surface area (Å²) in [5.41, 5.74) is 2.09. The number of amides is 1. The number of nitrogens with one attached hydrogen (secondary N) is 3. The smallest absolute Gasteiger partial charge is 0.273 e. The van der Waals surface area contributed by atoms with Gasteiger partial charge < -0.3 is 25.6 Å². The second kappa shape index (κ2) is 10.9. The highest BCUT2D eigenvalue weighted by atomic mass is 16.5. The third kappa shape index (κ3) is 5.27. The van der Waals surface area contributed by atoms with Gasteiger partial charge in [-0.25, -0.2) is 9.97 Å². The molecule has 192 valence electrons. The van der Waals surface area contributed by atoms with Crippen LogP contribution in [0.2, 0.25) is 0 Å². The van der Waals surface area contributed by atoms with Gasteiger partial charge in [0.05, 0.1) is 35.9 Å². The molecule has 0 aliphatic carbocycles. The maximum atomic E-state index is 12.8. The summed E-state index contributed by atoms with van der Waals surface area (Å²) in [6, 6.07) is 10.6. The molecule has 1 fully saturated rings. The second-order valence-electron chi connectivity index (χ2n) is 8.07. The number of hydrogen-bond acceptors (Lipinski definition) is 10. The Bertz CT molecular complexity index is 1490. The van der Waals surface area contributed by atoms with Crippen LogP contribution >= 0.6 is 0 Å². The zero-order valence-corrected chi connectivity index (χ0v) is 19.7. The van der Waals surface area contributed by atoms with E-state index in [1.54, 1.807) is 42.5 Å². The van der Waals surface area contributed by atoms with Crippen molar-refractivity contribution in [2.24, 2.45) is 7.05 Å². The summed E-state index contributed by atoms with van der Waals surface area (Å²) < 4.78 is 29.5. The summed E-state index contributed by atoms with van der Waals surface area (Å²) in [6.45, 7) is -0.692. The van der Waals surface area contributed by atoms with Gasteiger partial charge in [0.2, 0.25) is 0 Å². The van der Waals surface area contributed by atoms with Crippen LogP contribution < -0.4 is 25.6 Å². The molecule has 1 aromatic carbocycles. The second-order valence-corrected chi connectivity index (χ2v) is 8.07. The standard InChI is InChI=1S/C24H26N10O2.CH4/c1-25-24(35)21-18(28-17-7-4-6-16(22(17)36-3)23-27-14-33(2)32-23)12-20(30-31-21)29-19-9-8-15(13-26-19)34-10-5-11-34;/h4,6-9,12-14H,5,10-11H2,1-3H3,(H,25,35)(H2,26,28,29,30);1H4/i1D3;. The van der Waals surface area contributed by atoms with E-state index < -0.39 is 12.9 Å². The molecule has 0 unspecified atom stereocenters. The van der Waals surface area contributed by atoms with E-state index in [0.29, 0.717) is 28.6 Å². The van der Waals surface area contributed by atoms with Crippen molar-refractivity contribution < 1.29 is 13.6 Å². The molecule has 0 bridgehead atoms. The van der Waals surface area contributed by atoms with Crippen molar-refractivity contribution in [3.8, 4) is 17.1 Å². The number of methoxy groups -OCH3 is 1. The van der Waals surface area contributed by atoms with Gasteiger partial charge in [0.1, 0.15) is 12.1 Å². The fraction of sp³-hybridized carbons (Fsp3) is 0.280. The Hall–Kier alpha value is -4.74. The molecular formula is C25H30N10O2. The van der Waals surface area contributed by atoms with Crippen LogP contribution in [-0.2, 0) is 7.05 Å². The summed E-state index contributed by atoms with van der Waals surface area (Å²) in [5.74, 6) is 0.755. The molecule has 1 aliphatic rings. The predicted molar refractivity (Wildman–Crippen MR) is 143 cm³/mol. The van der Waals surface area contributed by atoms with Crippen LogP contribution in [-0.4, -0.2) is 63.0 Å². The number of hydrogen-bond donors (Lipinski definition) is 3. The van der Waals surface area contributed by atoms with Crippen LogP contribution in [0.3, 0.4) is 0 Å². The highest BCUT2D eigenvalue weighted by molar-refractivity contribution is 5.99. The van der Waals surface area contributed by atoms with E-state index in [1.165, 1.54) is 19.6 Å². The number of ether oxygens (including phenoxy) is 1. The molecule has 3 aromatic heterocycles. The van der Waals surface area contributed by atoms with Crippen molar-refractivity contribution in [1.82, 2.24) is 35.3 Å². The Labute approximate surface area is 219 Å². The summed E-state index contributed by atoms with van der Waals surface area (Å²) in [7, 11) is 3.26. The molecule has 37 heavy (non-hydrogen) atoms. The Morgan fingerprint density at radius 1 is 1.08 bits per heavy atom. The van der Waals surface area contributed by atoms with Crippen molar-refractivity contribution in [3.05, 3.63) is 54.6 Å². The quantitative estimate of drug-likeness (QED) is 0.327. The first-order valence-electron chi connectivity index (χ1n) is 12.7. The van der Waals surface area contributed by atoms with Gasteiger partial charge in [-0.2, -0.15) is 5.10 Å². The molecule has 0 radical (unpaired) electrons. The summed E-state index contributed by atoms with van der Waals surface area (Å²) in [6.07, 6.45) is 4.51. The van der Waals surface area contributed by atoms with Crippen LogP contribution in [0, 0.1) is 0 Å². The molecule has 0 atom stereocenters. The number of pyridine rings is 1. The molecule has 0 spiro atoms. The maximum absolute atomic E-state index is 12.8. The lowest BCUT2D eigenvalue weighted by Crippen LogP contribution is -2.36. The molecule has 3 N–H and O–H groups in total. The summed E-state index contributed by atoms with van der Waals surface area (Å²) >= 11 is 0. The number of carbonyl (C=O) groups is 1. The van der Waals surface area contributed by atoms with Crippen LogP contribution in [0.1, 0.15) is 28.4 Å². The van der Waals surface area contributed by atoms with Crippen LogP contribution in [0.4, 0.5) is 28.7 Å². The van der Waals surface area contributed by atoms with E-state index in [-0.39, 0.29) is 24.6 Å². The lowest BCUT2D eigenvalue weighted by atomic mass is 10.1. The molecule has 5 rings (SSSR count). The van der Waals surface area contributed by atoms with Crippen molar-refractivity contribution in [1.29, 1.82) is 0 Å². The average molecular weight is 506 g/mol. The van der Waals surface area contributed by atoms with E-state index in [0.717, 1.165) is 18.8 Å². The lowest BCUT2D eigenvalue weighted by molar-refractivity contribution is 0.0958. The third-order valence-corrected chi connectivity index (χ3v) is 5.68. The van der Waals surface area contributed by atoms with Crippen LogP contribution in [0.5, 0.6) is 5.75 Å². The fourth-order valence-corrected chi connectivity index (χ4v) is 3.77. The van der Waals surface area contributed by atoms with Crippen LogP contribution in [0.25, 0.3) is 11.4 Å². The molecule has 12 nitrogen and oxygen atoms in total. The zero-order chi connectivity index (χ0) is 27.6. The van der Waals surface area contributed by atoms with E-state index in [9.17, 15) is 4.79 Å². The number of anilines is 5. The Kier molecular flexibility index (Phi) is 6.34. The minimum Gasteiger partial charge on any atom is -0.494 e. The van der Waals surface area contributed by atoms with Crippen molar-refractivity contribution in [3.63, 3.8) is 0 Å². The first-order chi connectivity index (χ1) is 18.7. The van der Waals surface area contributed by atoms with Gasteiger partial charge in [0.25, 0.3) is 5.91 Å². The normalized spacial score (nSPS) is 13.8. The highest BCUT2D eigenvalue weighted by Crippen LogP contribution is 2.37. The first kappa shape index (κ1) is 21.5. The zero-order valence-electron chi connectivity index (χ0n) is 22.7. The van der Waals surface area contributed by atoms with Gasteiger partial charge in [-0.3, -0.25) is 9.48 Å². The van der Waals surface area contributed by atoms with Gasteiger partial charge in [0, 0.05) is 37.3 Å². The van der Waals surface area contributed by atoms with Crippen molar-refractivity contribution in [2.45, 2.75) is 13.8 Å². The maximum Gasteiger partial charge on any atom is 0.273 e. The van der Waals surface area contributed by atoms with E-state index >= 15 is 0 Å². The summed E-state index contributed by atoms with van der Waals surface area (Å²) in [4.78, 5) is 23.8. The molecular weight excluding hydrogens is 472 g/mol. The molecule has 1 saturated heterocycles. The van der Waals surface area contributed by atoms with Crippen molar-refractivity contribution in [2.75, 3.05) is 42.7 Å². The minimum atomic E-state index is -2.71. The number of rotatable bonds is 8. The molecule has 12 heteroatoms. The molecule has 4 heterocycles. The largest absolute Gasteiger partial charge is 0.494 e. The van der Waals surface area contributed by atoms with Gasteiger partial charge >= 0.3 is 0 Å². The fourth-order valence-electron chi connectivity index (χ4n) is 3.77. The van der Waals surface area contributed by atoms with Crippen molar-refractivity contribution >= 4 is 34.6 Å². The number of benzene rings is 1. The number of aryl methyl sites for hydroxylation is 1. The van der Waals surface area contributed by atoms with Gasteiger partial charge in [-0.15, -0.1) is 10.2 Å². The first-order valence-corrected chi connectivity index (χ1v) is 11.2. The average Bonchev–Trinajstić information content (AvgIpc) is 3.29. The number of carbonyl (C=O) groups excluding carboxylic acids is 1. The van der Waals surface area contributed by atoms with Gasteiger partial charge in [-0.05, 0) is 30.7 Å².